The number of hydrogen-bond acceptors (Lipinski definition) is 5. The fraction of sp³-hybridized carbons (Fsp3) is 0.333. The second-order valence-corrected chi connectivity index (χ2v) is 7.54. The van der Waals surface area contributed by atoms with Crippen molar-refractivity contribution in [2.24, 2.45) is 0 Å². The highest BCUT2D eigenvalue weighted by atomic mass is 35.5. The van der Waals surface area contributed by atoms with Crippen LogP contribution < -0.4 is 10.2 Å². The average Bonchev–Trinajstić information content (AvgIpc) is 2.74. The molecule has 29 heavy (non-hydrogen) atoms. The van der Waals surface area contributed by atoms with Crippen LogP contribution in [0.5, 0.6) is 0 Å². The van der Waals surface area contributed by atoms with Crippen LogP contribution in [0.3, 0.4) is 0 Å². The normalized spacial score (nSPS) is 14.5. The number of halogens is 2. The van der Waals surface area contributed by atoms with Gasteiger partial charge in [0.25, 0.3) is 5.91 Å². The van der Waals surface area contributed by atoms with Crippen molar-refractivity contribution in [2.75, 3.05) is 49.5 Å². The molecule has 8 heteroatoms. The molecule has 1 heterocycles. The van der Waals surface area contributed by atoms with E-state index in [1.807, 2.05) is 24.3 Å². The Morgan fingerprint density at radius 1 is 1.00 bits per heavy atom. The van der Waals surface area contributed by atoms with Gasteiger partial charge in [-0.25, -0.2) is 4.79 Å². The number of carbonyl (C=O) groups is 2. The van der Waals surface area contributed by atoms with Crippen molar-refractivity contribution < 1.29 is 14.3 Å². The number of nitrogens with one attached hydrogen (secondary N) is 1. The molecule has 2 aromatic rings. The first-order chi connectivity index (χ1) is 14.0. The average molecular weight is 436 g/mol. The summed E-state index contributed by atoms with van der Waals surface area (Å²) in [6.45, 7) is 6.95. The van der Waals surface area contributed by atoms with Gasteiger partial charge < -0.3 is 19.9 Å². The highest BCUT2D eigenvalue weighted by molar-refractivity contribution is 6.42. The lowest BCUT2D eigenvalue weighted by atomic mass is 10.2. The summed E-state index contributed by atoms with van der Waals surface area (Å²) >= 11 is 11.7. The molecule has 0 aromatic heterocycles. The molecule has 0 bridgehead atoms. The molecule has 3 rings (SSSR count). The smallest absolute Gasteiger partial charge is 0.338 e. The van der Waals surface area contributed by atoms with Crippen molar-refractivity contribution in [1.82, 2.24) is 4.90 Å². The summed E-state index contributed by atoms with van der Waals surface area (Å²) in [4.78, 5) is 28.8. The Morgan fingerprint density at radius 3 is 2.31 bits per heavy atom. The molecule has 0 aliphatic carbocycles. The van der Waals surface area contributed by atoms with Crippen LogP contribution in [-0.2, 0) is 9.53 Å². The molecule has 0 spiro atoms. The van der Waals surface area contributed by atoms with Crippen LogP contribution in [0.15, 0.2) is 42.5 Å². The number of nitrogens with zero attached hydrogens (tertiary/aromatic N) is 2. The molecule has 6 nitrogen and oxygen atoms in total. The maximum atomic E-state index is 12.1. The van der Waals surface area contributed by atoms with Crippen LogP contribution in [0.25, 0.3) is 0 Å². The maximum Gasteiger partial charge on any atom is 0.338 e. The van der Waals surface area contributed by atoms with Gasteiger partial charge >= 0.3 is 5.97 Å². The zero-order chi connectivity index (χ0) is 20.8. The molecular formula is C21H23Cl2N3O3. The molecule has 2 aromatic carbocycles. The molecule has 1 aliphatic heterocycles. The van der Waals surface area contributed by atoms with Gasteiger partial charge in [-0.05, 0) is 49.0 Å². The van der Waals surface area contributed by atoms with E-state index in [0.29, 0.717) is 10.7 Å². The zero-order valence-electron chi connectivity index (χ0n) is 16.2. The number of amides is 1. The second kappa shape index (κ2) is 9.96. The number of piperazine rings is 1. The van der Waals surface area contributed by atoms with Crippen LogP contribution in [0.1, 0.15) is 17.3 Å². The lowest BCUT2D eigenvalue weighted by Crippen LogP contribution is -2.46. The van der Waals surface area contributed by atoms with Gasteiger partial charge in [0.15, 0.2) is 6.61 Å². The molecule has 1 fully saturated rings. The van der Waals surface area contributed by atoms with Gasteiger partial charge in [-0.1, -0.05) is 30.1 Å². The standard InChI is InChI=1S/C21H23Cl2N3O3/c1-2-25-9-11-26(12-10-25)17-6-4-16(5-7-17)24-20(27)14-29-21(28)15-3-8-18(22)19(23)13-15/h3-8,13H,2,9-12,14H2,1H3,(H,24,27). The predicted molar refractivity (Wildman–Crippen MR) is 116 cm³/mol. The number of anilines is 2. The lowest BCUT2D eigenvalue weighted by molar-refractivity contribution is -0.119. The third-order valence-corrected chi connectivity index (χ3v) is 5.56. The highest BCUT2D eigenvalue weighted by Gasteiger charge is 2.16. The van der Waals surface area contributed by atoms with E-state index in [-0.39, 0.29) is 17.2 Å². The fourth-order valence-corrected chi connectivity index (χ4v) is 3.41. The van der Waals surface area contributed by atoms with Gasteiger partial charge in [-0.2, -0.15) is 0 Å². The van der Waals surface area contributed by atoms with Gasteiger partial charge in [0.05, 0.1) is 15.6 Å². The third kappa shape index (κ3) is 5.85. The van der Waals surface area contributed by atoms with E-state index in [9.17, 15) is 9.59 Å². The summed E-state index contributed by atoms with van der Waals surface area (Å²) in [7, 11) is 0. The van der Waals surface area contributed by atoms with Crippen LogP contribution in [0, 0.1) is 0 Å². The minimum absolute atomic E-state index is 0.236. The molecule has 0 saturated carbocycles. The molecule has 1 saturated heterocycles. The van der Waals surface area contributed by atoms with E-state index in [2.05, 4.69) is 22.0 Å². The predicted octanol–water partition coefficient (Wildman–Crippen LogP) is 3.93. The van der Waals surface area contributed by atoms with Crippen LogP contribution in [0.2, 0.25) is 10.0 Å². The summed E-state index contributed by atoms with van der Waals surface area (Å²) in [6.07, 6.45) is 0. The largest absolute Gasteiger partial charge is 0.452 e. The fourth-order valence-electron chi connectivity index (χ4n) is 3.11. The molecule has 154 valence electrons. The lowest BCUT2D eigenvalue weighted by Gasteiger charge is -2.35. The SMILES string of the molecule is CCN1CCN(c2ccc(NC(=O)COC(=O)c3ccc(Cl)c(Cl)c3)cc2)CC1. The Morgan fingerprint density at radius 2 is 1.69 bits per heavy atom. The first kappa shape index (κ1) is 21.4. The van der Waals surface area contributed by atoms with Crippen molar-refractivity contribution in [3.8, 4) is 0 Å². The van der Waals surface area contributed by atoms with Crippen molar-refractivity contribution in [3.63, 3.8) is 0 Å². The molecule has 0 radical (unpaired) electrons. The number of benzene rings is 2. The van der Waals surface area contributed by atoms with E-state index < -0.39 is 11.9 Å². The minimum atomic E-state index is -0.639. The number of rotatable bonds is 6. The Labute approximate surface area is 180 Å². The molecule has 0 atom stereocenters. The van der Waals surface area contributed by atoms with Gasteiger partial charge in [-0.15, -0.1) is 0 Å². The monoisotopic (exact) mass is 435 g/mol. The Bertz CT molecular complexity index is 866. The third-order valence-electron chi connectivity index (χ3n) is 4.83. The Balaban J connectivity index is 1.48. The van der Waals surface area contributed by atoms with E-state index in [1.54, 1.807) is 0 Å². The Hall–Kier alpha value is -2.28. The molecule has 1 N–H and O–H groups in total. The van der Waals surface area contributed by atoms with Gasteiger partial charge in [0.2, 0.25) is 0 Å². The van der Waals surface area contributed by atoms with E-state index in [4.69, 9.17) is 27.9 Å². The van der Waals surface area contributed by atoms with Crippen LogP contribution in [0.4, 0.5) is 11.4 Å². The van der Waals surface area contributed by atoms with Gasteiger partial charge in [0, 0.05) is 37.6 Å². The topological polar surface area (TPSA) is 61.9 Å². The maximum absolute atomic E-state index is 12.1. The number of likely N-dealkylation sites (N-methyl/N-ethyl adjacent to an activating group) is 1. The van der Waals surface area contributed by atoms with Gasteiger partial charge in [0.1, 0.15) is 0 Å². The molecule has 0 unspecified atom stereocenters. The second-order valence-electron chi connectivity index (χ2n) is 6.72. The zero-order valence-corrected chi connectivity index (χ0v) is 17.7. The first-order valence-electron chi connectivity index (χ1n) is 9.45. The molecular weight excluding hydrogens is 413 g/mol. The van der Waals surface area contributed by atoms with E-state index >= 15 is 0 Å². The first-order valence-corrected chi connectivity index (χ1v) is 10.2. The van der Waals surface area contributed by atoms with E-state index in [1.165, 1.54) is 18.2 Å². The summed E-state index contributed by atoms with van der Waals surface area (Å²) in [5, 5.41) is 3.32. The number of carbonyl (C=O) groups excluding carboxylic acids is 2. The number of esters is 1. The quantitative estimate of drug-likeness (QED) is 0.696. The van der Waals surface area contributed by atoms with Crippen molar-refractivity contribution in [2.45, 2.75) is 6.92 Å². The summed E-state index contributed by atoms with van der Waals surface area (Å²) < 4.78 is 5.03. The molecule has 1 aliphatic rings. The van der Waals surface area contributed by atoms with Crippen molar-refractivity contribution >= 4 is 46.5 Å². The Kier molecular flexibility index (Phi) is 7.36. The molecule has 1 amide bonds. The summed E-state index contributed by atoms with van der Waals surface area (Å²) in [5.41, 5.74) is 2.01. The van der Waals surface area contributed by atoms with Crippen molar-refractivity contribution in [3.05, 3.63) is 58.1 Å². The number of ether oxygens (including phenoxy) is 1. The van der Waals surface area contributed by atoms with Crippen LogP contribution in [-0.4, -0.2) is 56.1 Å². The van der Waals surface area contributed by atoms with Crippen LogP contribution >= 0.6 is 23.2 Å². The summed E-state index contributed by atoms with van der Waals surface area (Å²) in [6, 6.07) is 12.1. The van der Waals surface area contributed by atoms with Gasteiger partial charge in [-0.3, -0.25) is 4.79 Å². The van der Waals surface area contributed by atoms with E-state index in [0.717, 1.165) is 38.4 Å². The van der Waals surface area contributed by atoms with Crippen molar-refractivity contribution in [1.29, 1.82) is 0 Å². The highest BCUT2D eigenvalue weighted by Crippen LogP contribution is 2.23. The minimum Gasteiger partial charge on any atom is -0.452 e. The number of hydrogen-bond donors (Lipinski definition) is 1. The summed E-state index contributed by atoms with van der Waals surface area (Å²) in [5.74, 6) is -1.05.